The fourth-order valence-electron chi connectivity index (χ4n) is 2.92. The Morgan fingerprint density at radius 2 is 1.90 bits per heavy atom. The molecular formula is C17H28N2O. The van der Waals surface area contributed by atoms with E-state index in [9.17, 15) is 0 Å². The molecule has 0 unspecified atom stereocenters. The SMILES string of the molecule is CN(CCOc1ccccc1N)C1CCC(C)(C)CC1. The van der Waals surface area contributed by atoms with Crippen molar-refractivity contribution >= 4 is 5.69 Å². The molecule has 1 saturated carbocycles. The Balaban J connectivity index is 1.73. The number of benzene rings is 1. The molecule has 0 spiro atoms. The molecular weight excluding hydrogens is 248 g/mol. The second-order valence-corrected chi connectivity index (χ2v) is 6.76. The van der Waals surface area contributed by atoms with Gasteiger partial charge in [-0.3, -0.25) is 0 Å². The van der Waals surface area contributed by atoms with Crippen LogP contribution in [-0.2, 0) is 0 Å². The Hall–Kier alpha value is -1.22. The Morgan fingerprint density at radius 3 is 2.55 bits per heavy atom. The highest BCUT2D eigenvalue weighted by Gasteiger charge is 2.28. The standard InChI is InChI=1S/C17H28N2O/c1-17(2)10-8-14(9-11-17)19(3)12-13-20-16-7-5-4-6-15(16)18/h4-7,14H,8-13,18H2,1-3H3. The van der Waals surface area contributed by atoms with Gasteiger partial charge in [0.2, 0.25) is 0 Å². The monoisotopic (exact) mass is 276 g/mol. The van der Waals surface area contributed by atoms with Gasteiger partial charge in [-0.1, -0.05) is 26.0 Å². The van der Waals surface area contributed by atoms with Crippen molar-refractivity contribution in [3.8, 4) is 5.75 Å². The molecule has 1 aromatic carbocycles. The van der Waals surface area contributed by atoms with Crippen molar-refractivity contribution in [3.05, 3.63) is 24.3 Å². The van der Waals surface area contributed by atoms with Gasteiger partial charge >= 0.3 is 0 Å². The molecule has 0 amide bonds. The number of hydrogen-bond acceptors (Lipinski definition) is 3. The lowest BCUT2D eigenvalue weighted by molar-refractivity contribution is 0.114. The van der Waals surface area contributed by atoms with Gasteiger partial charge in [-0.15, -0.1) is 0 Å². The fraction of sp³-hybridized carbons (Fsp3) is 0.647. The van der Waals surface area contributed by atoms with Crippen LogP contribution in [0.25, 0.3) is 0 Å². The topological polar surface area (TPSA) is 38.5 Å². The average Bonchev–Trinajstić information content (AvgIpc) is 2.40. The number of para-hydroxylation sites is 2. The van der Waals surface area contributed by atoms with Crippen LogP contribution in [-0.4, -0.2) is 31.1 Å². The summed E-state index contributed by atoms with van der Waals surface area (Å²) in [7, 11) is 2.21. The predicted molar refractivity (Wildman–Crippen MR) is 85.0 cm³/mol. The largest absolute Gasteiger partial charge is 0.490 e. The molecule has 0 radical (unpaired) electrons. The molecule has 1 aliphatic carbocycles. The summed E-state index contributed by atoms with van der Waals surface area (Å²) in [6, 6.07) is 8.40. The van der Waals surface area contributed by atoms with E-state index >= 15 is 0 Å². The number of ether oxygens (including phenoxy) is 1. The summed E-state index contributed by atoms with van der Waals surface area (Å²) in [5, 5.41) is 0. The van der Waals surface area contributed by atoms with Gasteiger partial charge in [0, 0.05) is 12.6 Å². The summed E-state index contributed by atoms with van der Waals surface area (Å²) in [6.45, 7) is 6.42. The predicted octanol–water partition coefficient (Wildman–Crippen LogP) is 3.55. The molecule has 1 aromatic rings. The van der Waals surface area contributed by atoms with E-state index in [0.717, 1.165) is 18.0 Å². The molecule has 0 aliphatic heterocycles. The highest BCUT2D eigenvalue weighted by Crippen LogP contribution is 2.36. The number of hydrogen-bond donors (Lipinski definition) is 1. The molecule has 1 aliphatic rings. The molecule has 1 fully saturated rings. The zero-order valence-corrected chi connectivity index (χ0v) is 13.1. The second-order valence-electron chi connectivity index (χ2n) is 6.76. The third kappa shape index (κ3) is 4.14. The van der Waals surface area contributed by atoms with Gasteiger partial charge in [-0.25, -0.2) is 0 Å². The minimum Gasteiger partial charge on any atom is -0.490 e. The molecule has 112 valence electrons. The highest BCUT2D eigenvalue weighted by atomic mass is 16.5. The zero-order chi connectivity index (χ0) is 14.6. The number of rotatable bonds is 5. The lowest BCUT2D eigenvalue weighted by atomic mass is 9.75. The van der Waals surface area contributed by atoms with Crippen LogP contribution < -0.4 is 10.5 Å². The van der Waals surface area contributed by atoms with Crippen LogP contribution in [0.4, 0.5) is 5.69 Å². The van der Waals surface area contributed by atoms with Crippen molar-refractivity contribution in [2.45, 2.75) is 45.6 Å². The number of likely N-dealkylation sites (N-methyl/N-ethyl adjacent to an activating group) is 1. The van der Waals surface area contributed by atoms with Crippen molar-refractivity contribution in [1.82, 2.24) is 4.90 Å². The second kappa shape index (κ2) is 6.49. The normalized spacial score (nSPS) is 19.2. The summed E-state index contributed by atoms with van der Waals surface area (Å²) < 4.78 is 5.77. The van der Waals surface area contributed by atoms with Crippen molar-refractivity contribution in [3.63, 3.8) is 0 Å². The van der Waals surface area contributed by atoms with Crippen LogP contribution in [0, 0.1) is 5.41 Å². The van der Waals surface area contributed by atoms with E-state index in [0.29, 0.717) is 18.1 Å². The number of nitrogens with zero attached hydrogens (tertiary/aromatic N) is 1. The van der Waals surface area contributed by atoms with Gasteiger partial charge < -0.3 is 15.4 Å². The molecule has 2 N–H and O–H groups in total. The van der Waals surface area contributed by atoms with Crippen LogP contribution in [0.3, 0.4) is 0 Å². The van der Waals surface area contributed by atoms with E-state index in [1.807, 2.05) is 24.3 Å². The Morgan fingerprint density at radius 1 is 1.25 bits per heavy atom. The van der Waals surface area contributed by atoms with Crippen molar-refractivity contribution in [2.75, 3.05) is 25.9 Å². The maximum absolute atomic E-state index is 5.87. The summed E-state index contributed by atoms with van der Waals surface area (Å²) in [4.78, 5) is 2.44. The van der Waals surface area contributed by atoms with E-state index in [-0.39, 0.29) is 0 Å². The van der Waals surface area contributed by atoms with Crippen LogP contribution in [0.15, 0.2) is 24.3 Å². The molecule has 3 nitrogen and oxygen atoms in total. The molecule has 2 rings (SSSR count). The minimum absolute atomic E-state index is 0.534. The van der Waals surface area contributed by atoms with E-state index in [2.05, 4.69) is 25.8 Å². The number of nitrogen functional groups attached to an aromatic ring is 1. The number of nitrogens with two attached hydrogens (primary N) is 1. The van der Waals surface area contributed by atoms with Crippen molar-refractivity contribution in [2.24, 2.45) is 5.41 Å². The van der Waals surface area contributed by atoms with Gasteiger partial charge in [-0.2, -0.15) is 0 Å². The average molecular weight is 276 g/mol. The number of anilines is 1. The lowest BCUT2D eigenvalue weighted by Crippen LogP contribution is -2.39. The first-order valence-electron chi connectivity index (χ1n) is 7.65. The van der Waals surface area contributed by atoms with Crippen molar-refractivity contribution in [1.29, 1.82) is 0 Å². The first-order valence-corrected chi connectivity index (χ1v) is 7.65. The quantitative estimate of drug-likeness (QED) is 0.836. The van der Waals surface area contributed by atoms with Gasteiger partial charge in [0.1, 0.15) is 12.4 Å². The van der Waals surface area contributed by atoms with E-state index < -0.39 is 0 Å². The minimum atomic E-state index is 0.534. The molecule has 0 atom stereocenters. The van der Waals surface area contributed by atoms with E-state index in [4.69, 9.17) is 10.5 Å². The first-order chi connectivity index (χ1) is 9.48. The summed E-state index contributed by atoms with van der Waals surface area (Å²) in [5.74, 6) is 0.797. The van der Waals surface area contributed by atoms with Crippen molar-refractivity contribution < 1.29 is 4.74 Å². The molecule has 0 bridgehead atoms. The zero-order valence-electron chi connectivity index (χ0n) is 13.1. The lowest BCUT2D eigenvalue weighted by Gasteiger charge is -2.38. The van der Waals surface area contributed by atoms with Crippen LogP contribution >= 0.6 is 0 Å². The maximum Gasteiger partial charge on any atom is 0.142 e. The van der Waals surface area contributed by atoms with Gasteiger partial charge in [0.05, 0.1) is 5.69 Å². The Labute approximate surface area is 123 Å². The first kappa shape index (κ1) is 15.2. The molecule has 3 heteroatoms. The Bertz CT molecular complexity index is 421. The van der Waals surface area contributed by atoms with Crippen LogP contribution in [0.2, 0.25) is 0 Å². The van der Waals surface area contributed by atoms with Gasteiger partial charge in [0.25, 0.3) is 0 Å². The van der Waals surface area contributed by atoms with Gasteiger partial charge in [0.15, 0.2) is 0 Å². The third-order valence-electron chi connectivity index (χ3n) is 4.55. The molecule has 0 aromatic heterocycles. The maximum atomic E-state index is 5.87. The van der Waals surface area contributed by atoms with Gasteiger partial charge in [-0.05, 0) is 50.3 Å². The van der Waals surface area contributed by atoms with E-state index in [1.165, 1.54) is 25.7 Å². The highest BCUT2D eigenvalue weighted by molar-refractivity contribution is 5.51. The summed E-state index contributed by atoms with van der Waals surface area (Å²) in [6.07, 6.45) is 5.26. The fourth-order valence-corrected chi connectivity index (χ4v) is 2.92. The van der Waals surface area contributed by atoms with Crippen LogP contribution in [0.5, 0.6) is 5.75 Å². The molecule has 20 heavy (non-hydrogen) atoms. The Kier molecular flexibility index (Phi) is 4.92. The summed E-state index contributed by atoms with van der Waals surface area (Å²) in [5.41, 5.74) is 7.12. The molecule has 0 heterocycles. The summed E-state index contributed by atoms with van der Waals surface area (Å²) >= 11 is 0. The molecule has 0 saturated heterocycles. The third-order valence-corrected chi connectivity index (χ3v) is 4.55. The van der Waals surface area contributed by atoms with E-state index in [1.54, 1.807) is 0 Å². The smallest absolute Gasteiger partial charge is 0.142 e. The van der Waals surface area contributed by atoms with Crippen LogP contribution in [0.1, 0.15) is 39.5 Å².